The molecule has 0 aromatic carbocycles. The van der Waals surface area contributed by atoms with E-state index in [9.17, 15) is 9.59 Å². The normalized spacial score (nSPS) is 19.2. The van der Waals surface area contributed by atoms with Crippen molar-refractivity contribution in [3.05, 3.63) is 24.0 Å². The second kappa shape index (κ2) is 7.09. The number of hydrogen-bond acceptors (Lipinski definition) is 3. The molecule has 6 nitrogen and oxygen atoms in total. The van der Waals surface area contributed by atoms with E-state index in [1.165, 1.54) is 18.4 Å². The number of piperidine rings is 1. The number of rotatable bonds is 4. The molecule has 1 saturated carbocycles. The van der Waals surface area contributed by atoms with Gasteiger partial charge in [0, 0.05) is 37.6 Å². The summed E-state index contributed by atoms with van der Waals surface area (Å²) < 4.78 is 2.10. The van der Waals surface area contributed by atoms with Crippen LogP contribution in [-0.2, 0) is 16.6 Å². The predicted octanol–water partition coefficient (Wildman–Crippen LogP) is 3.04. The summed E-state index contributed by atoms with van der Waals surface area (Å²) >= 11 is 0. The molecule has 1 aliphatic carbocycles. The number of likely N-dealkylation sites (tertiary alicyclic amines) is 1. The largest absolute Gasteiger partial charge is 0.349 e. The Morgan fingerprint density at radius 2 is 1.96 bits per heavy atom. The van der Waals surface area contributed by atoms with E-state index in [1.807, 2.05) is 19.3 Å². The van der Waals surface area contributed by atoms with Crippen molar-refractivity contribution in [3.8, 4) is 0 Å². The van der Waals surface area contributed by atoms with Crippen LogP contribution in [-0.4, -0.2) is 39.9 Å². The topological polar surface area (TPSA) is 67.2 Å². The van der Waals surface area contributed by atoms with E-state index in [4.69, 9.17) is 0 Å². The predicted molar refractivity (Wildman–Crippen MR) is 101 cm³/mol. The van der Waals surface area contributed by atoms with E-state index >= 15 is 0 Å². The van der Waals surface area contributed by atoms with Crippen LogP contribution in [0.4, 0.5) is 5.82 Å². The molecular weight excluding hydrogens is 328 g/mol. The fourth-order valence-corrected chi connectivity index (χ4v) is 4.61. The highest BCUT2D eigenvalue weighted by molar-refractivity contribution is 5.87. The molecule has 1 saturated heterocycles. The van der Waals surface area contributed by atoms with E-state index in [1.54, 1.807) is 0 Å². The molecule has 0 unspecified atom stereocenters. The number of carbonyl (C=O) groups excluding carboxylic acids is 2. The first-order valence-electron chi connectivity index (χ1n) is 9.61. The average Bonchev–Trinajstić information content (AvgIpc) is 3.30. The molecule has 4 rings (SSSR count). The molecule has 138 valence electrons. The zero-order valence-corrected chi connectivity index (χ0v) is 15.3. The minimum absolute atomic E-state index is 0.271. The van der Waals surface area contributed by atoms with Crippen molar-refractivity contribution >= 4 is 29.0 Å². The molecule has 2 aliphatic rings. The van der Waals surface area contributed by atoms with Crippen LogP contribution in [0.3, 0.4) is 0 Å². The Balaban J connectivity index is 1.51. The van der Waals surface area contributed by atoms with Gasteiger partial charge in [-0.05, 0) is 43.2 Å². The molecule has 2 fully saturated rings. The van der Waals surface area contributed by atoms with Gasteiger partial charge in [0.1, 0.15) is 5.82 Å². The molecule has 2 aromatic rings. The van der Waals surface area contributed by atoms with E-state index in [0.717, 1.165) is 49.7 Å². The van der Waals surface area contributed by atoms with Crippen molar-refractivity contribution in [3.63, 3.8) is 0 Å². The number of fused-ring (bicyclic) bond motifs is 1. The Bertz CT molecular complexity index is 815. The Morgan fingerprint density at radius 3 is 2.65 bits per heavy atom. The Labute approximate surface area is 153 Å². The molecule has 0 bridgehead atoms. The number of carbonyl (C=O) groups is 2. The molecule has 0 atom stereocenters. The van der Waals surface area contributed by atoms with Crippen LogP contribution < -0.4 is 5.32 Å². The summed E-state index contributed by atoms with van der Waals surface area (Å²) in [5.41, 5.74) is 2.37. The van der Waals surface area contributed by atoms with Gasteiger partial charge in [-0.3, -0.25) is 9.59 Å². The Morgan fingerprint density at radius 1 is 1.23 bits per heavy atom. The summed E-state index contributed by atoms with van der Waals surface area (Å²) in [4.78, 5) is 29.7. The van der Waals surface area contributed by atoms with Crippen molar-refractivity contribution in [1.29, 1.82) is 0 Å². The van der Waals surface area contributed by atoms with E-state index in [0.29, 0.717) is 24.1 Å². The van der Waals surface area contributed by atoms with Gasteiger partial charge >= 0.3 is 0 Å². The lowest BCUT2D eigenvalue weighted by atomic mass is 9.88. The van der Waals surface area contributed by atoms with Crippen LogP contribution in [0.2, 0.25) is 0 Å². The maximum atomic E-state index is 12.6. The summed E-state index contributed by atoms with van der Waals surface area (Å²) in [6, 6.07) is 1.95. The lowest BCUT2D eigenvalue weighted by molar-refractivity contribution is -0.136. The zero-order valence-electron chi connectivity index (χ0n) is 15.3. The van der Waals surface area contributed by atoms with Gasteiger partial charge in [-0.15, -0.1) is 0 Å². The van der Waals surface area contributed by atoms with Gasteiger partial charge in [-0.1, -0.05) is 12.8 Å². The van der Waals surface area contributed by atoms with Gasteiger partial charge in [0.2, 0.25) is 12.3 Å². The van der Waals surface area contributed by atoms with Gasteiger partial charge in [0.25, 0.3) is 0 Å². The standard InChI is InChI=1S/C20H26N4O2/c1-23-12-17(16-10-19(22-13-25)21-11-18(16)23)14-6-8-24(9-7-14)20(26)15-4-2-3-5-15/h10-15H,2-9H2,1H3,(H,21,22,25). The SMILES string of the molecule is Cn1cc(C2CCN(C(=O)C3CCCC3)CC2)c2cc(NC=O)ncc21. The monoisotopic (exact) mass is 354 g/mol. The van der Waals surface area contributed by atoms with E-state index in [2.05, 4.69) is 26.0 Å². The fourth-order valence-electron chi connectivity index (χ4n) is 4.61. The van der Waals surface area contributed by atoms with Crippen molar-refractivity contribution in [1.82, 2.24) is 14.5 Å². The third kappa shape index (κ3) is 3.08. The highest BCUT2D eigenvalue weighted by Gasteiger charge is 2.31. The van der Waals surface area contributed by atoms with Gasteiger partial charge in [-0.2, -0.15) is 0 Å². The van der Waals surface area contributed by atoms with Crippen molar-refractivity contribution in [2.24, 2.45) is 13.0 Å². The number of nitrogens with zero attached hydrogens (tertiary/aromatic N) is 3. The minimum atomic E-state index is 0.271. The van der Waals surface area contributed by atoms with Crippen LogP contribution in [0.25, 0.3) is 10.9 Å². The Kier molecular flexibility index (Phi) is 4.66. The molecule has 2 amide bonds. The number of aryl methyl sites for hydroxylation is 1. The van der Waals surface area contributed by atoms with Crippen LogP contribution in [0.1, 0.15) is 50.0 Å². The number of amides is 2. The van der Waals surface area contributed by atoms with Crippen LogP contribution in [0, 0.1) is 5.92 Å². The van der Waals surface area contributed by atoms with E-state index < -0.39 is 0 Å². The first-order valence-corrected chi connectivity index (χ1v) is 9.61. The first-order chi connectivity index (χ1) is 12.7. The summed E-state index contributed by atoms with van der Waals surface area (Å²) in [6.45, 7) is 1.70. The average molecular weight is 354 g/mol. The third-order valence-corrected chi connectivity index (χ3v) is 6.06. The van der Waals surface area contributed by atoms with Gasteiger partial charge < -0.3 is 14.8 Å². The summed E-state index contributed by atoms with van der Waals surface area (Å²) in [5.74, 6) is 1.67. The van der Waals surface area contributed by atoms with Crippen molar-refractivity contribution in [2.75, 3.05) is 18.4 Å². The molecule has 2 aromatic heterocycles. The molecule has 1 N–H and O–H groups in total. The number of aromatic nitrogens is 2. The van der Waals surface area contributed by atoms with Crippen LogP contribution in [0.15, 0.2) is 18.5 Å². The molecule has 6 heteroatoms. The highest BCUT2D eigenvalue weighted by atomic mass is 16.2. The zero-order chi connectivity index (χ0) is 18.1. The third-order valence-electron chi connectivity index (χ3n) is 6.06. The van der Waals surface area contributed by atoms with Crippen LogP contribution in [0.5, 0.6) is 0 Å². The van der Waals surface area contributed by atoms with Gasteiger partial charge in [-0.25, -0.2) is 4.98 Å². The van der Waals surface area contributed by atoms with Crippen molar-refractivity contribution in [2.45, 2.75) is 44.4 Å². The van der Waals surface area contributed by atoms with Gasteiger partial charge in [0.15, 0.2) is 0 Å². The van der Waals surface area contributed by atoms with Crippen molar-refractivity contribution < 1.29 is 9.59 Å². The molecular formula is C20H26N4O2. The van der Waals surface area contributed by atoms with Gasteiger partial charge in [0.05, 0.1) is 11.7 Å². The summed E-state index contributed by atoms with van der Waals surface area (Å²) in [6.07, 6.45) is 11.2. The molecule has 26 heavy (non-hydrogen) atoms. The summed E-state index contributed by atoms with van der Waals surface area (Å²) in [7, 11) is 2.03. The molecule has 0 radical (unpaired) electrons. The van der Waals surface area contributed by atoms with Crippen LogP contribution >= 0.6 is 0 Å². The van der Waals surface area contributed by atoms with E-state index in [-0.39, 0.29) is 5.92 Å². The Hall–Kier alpha value is -2.37. The first kappa shape index (κ1) is 17.1. The lowest BCUT2D eigenvalue weighted by Gasteiger charge is -2.33. The minimum Gasteiger partial charge on any atom is -0.349 e. The number of anilines is 1. The second-order valence-corrected chi connectivity index (χ2v) is 7.63. The highest BCUT2D eigenvalue weighted by Crippen LogP contribution is 2.36. The maximum absolute atomic E-state index is 12.6. The lowest BCUT2D eigenvalue weighted by Crippen LogP contribution is -2.40. The maximum Gasteiger partial charge on any atom is 0.225 e. The number of hydrogen-bond donors (Lipinski definition) is 1. The molecule has 3 heterocycles. The molecule has 0 spiro atoms. The molecule has 1 aliphatic heterocycles. The fraction of sp³-hybridized carbons (Fsp3) is 0.550. The number of pyridine rings is 1. The second-order valence-electron chi connectivity index (χ2n) is 7.63. The summed E-state index contributed by atoms with van der Waals surface area (Å²) in [5, 5.41) is 3.78. The smallest absolute Gasteiger partial charge is 0.225 e. The number of nitrogens with one attached hydrogen (secondary N) is 1. The quantitative estimate of drug-likeness (QED) is 0.858.